The Morgan fingerprint density at radius 1 is 0.686 bits per heavy atom. The van der Waals surface area contributed by atoms with Crippen LogP contribution in [0.15, 0.2) is 29.5 Å². The summed E-state index contributed by atoms with van der Waals surface area (Å²) in [4.78, 5) is 50.6. The van der Waals surface area contributed by atoms with Crippen molar-refractivity contribution >= 4 is 23.9 Å². The van der Waals surface area contributed by atoms with E-state index in [1.165, 1.54) is 28.4 Å². The molecule has 0 aliphatic heterocycles. The summed E-state index contributed by atoms with van der Waals surface area (Å²) in [6, 6.07) is 0. The molecule has 35 heavy (non-hydrogen) atoms. The Morgan fingerprint density at radius 3 is 1.37 bits per heavy atom. The number of rotatable bonds is 10. The number of methoxy groups -OCH3 is 4. The maximum Gasteiger partial charge on any atom is 0.324 e. The topological polar surface area (TPSA) is 105 Å². The van der Waals surface area contributed by atoms with Crippen LogP contribution in [0.1, 0.15) is 60.3 Å². The molecule has 0 fully saturated rings. The van der Waals surface area contributed by atoms with Gasteiger partial charge in [-0.05, 0) is 37.8 Å². The molecule has 0 aliphatic rings. The molecule has 0 bridgehead atoms. The second kappa shape index (κ2) is 14.2. The minimum absolute atomic E-state index is 0.0167. The van der Waals surface area contributed by atoms with Crippen molar-refractivity contribution in [1.82, 2.24) is 0 Å². The van der Waals surface area contributed by atoms with Crippen molar-refractivity contribution in [1.29, 1.82) is 0 Å². The van der Waals surface area contributed by atoms with Crippen LogP contribution < -0.4 is 0 Å². The molecule has 0 spiro atoms. The summed E-state index contributed by atoms with van der Waals surface area (Å²) in [5.74, 6) is 2.32. The minimum Gasteiger partial charge on any atom is -0.468 e. The van der Waals surface area contributed by atoms with Crippen LogP contribution in [-0.2, 0) is 38.1 Å². The lowest BCUT2D eigenvalue weighted by atomic mass is 9.79. The smallest absolute Gasteiger partial charge is 0.324 e. The van der Waals surface area contributed by atoms with E-state index in [0.717, 1.165) is 5.57 Å². The summed E-state index contributed by atoms with van der Waals surface area (Å²) in [6.45, 7) is 9.60. The van der Waals surface area contributed by atoms with Crippen molar-refractivity contribution in [2.24, 2.45) is 16.2 Å². The standard InChI is InChI=1S/C27H38O8/c1-20(2)14-19-27(23(30)34-8,24(31)35-9)18-13-12-17-26(21(28)32-6,22(29)33-7)16-11-10-15-25(3,4)5/h11,14-15H,16-19H2,1-9H3. The third-order valence-corrected chi connectivity index (χ3v) is 5.15. The Kier molecular flexibility index (Phi) is 12.8. The molecule has 0 unspecified atom stereocenters. The van der Waals surface area contributed by atoms with Crippen molar-refractivity contribution < 1.29 is 38.1 Å². The maximum absolute atomic E-state index is 12.7. The van der Waals surface area contributed by atoms with Crippen LogP contribution in [0.3, 0.4) is 0 Å². The van der Waals surface area contributed by atoms with Gasteiger partial charge in [-0.25, -0.2) is 0 Å². The number of ether oxygens (including phenoxy) is 4. The number of carbonyl (C=O) groups excluding carboxylic acids is 4. The summed E-state index contributed by atoms with van der Waals surface area (Å²) in [5, 5.41) is 0. The van der Waals surface area contributed by atoms with Gasteiger partial charge in [-0.2, -0.15) is 0 Å². The monoisotopic (exact) mass is 490 g/mol. The van der Waals surface area contributed by atoms with Gasteiger partial charge in [0.05, 0.1) is 28.4 Å². The highest BCUT2D eigenvalue weighted by Crippen LogP contribution is 2.33. The van der Waals surface area contributed by atoms with Crippen LogP contribution in [0.4, 0.5) is 0 Å². The average Bonchev–Trinajstić information content (AvgIpc) is 2.82. The van der Waals surface area contributed by atoms with Gasteiger partial charge < -0.3 is 18.9 Å². The molecule has 194 valence electrons. The van der Waals surface area contributed by atoms with Gasteiger partial charge in [-0.3, -0.25) is 19.2 Å². The first-order valence-corrected chi connectivity index (χ1v) is 11.1. The molecular formula is C27H38O8. The van der Waals surface area contributed by atoms with Crippen molar-refractivity contribution in [3.05, 3.63) is 29.5 Å². The van der Waals surface area contributed by atoms with Crippen LogP contribution in [-0.4, -0.2) is 52.3 Å². The number of hydrogen-bond acceptors (Lipinski definition) is 8. The van der Waals surface area contributed by atoms with Crippen LogP contribution >= 0.6 is 0 Å². The molecule has 8 heteroatoms. The maximum atomic E-state index is 12.7. The van der Waals surface area contributed by atoms with Crippen LogP contribution in [0.2, 0.25) is 0 Å². The summed E-state index contributed by atoms with van der Waals surface area (Å²) in [6.07, 6.45) is 4.53. The predicted octanol–water partition coefficient (Wildman–Crippen LogP) is 3.94. The fourth-order valence-corrected chi connectivity index (χ4v) is 3.06. The Balaban J connectivity index is 6.35. The molecule has 0 aromatic heterocycles. The van der Waals surface area contributed by atoms with Gasteiger partial charge in [0.25, 0.3) is 0 Å². The molecule has 0 saturated carbocycles. The van der Waals surface area contributed by atoms with Crippen LogP contribution in [0, 0.1) is 28.1 Å². The van der Waals surface area contributed by atoms with E-state index in [9.17, 15) is 19.2 Å². The summed E-state index contributed by atoms with van der Waals surface area (Å²) in [7, 11) is 4.68. The molecule has 0 rings (SSSR count). The minimum atomic E-state index is -1.74. The van der Waals surface area contributed by atoms with Crippen molar-refractivity contribution in [3.63, 3.8) is 0 Å². The van der Waals surface area contributed by atoms with Gasteiger partial charge >= 0.3 is 23.9 Å². The largest absolute Gasteiger partial charge is 0.468 e. The highest BCUT2D eigenvalue weighted by atomic mass is 16.6. The van der Waals surface area contributed by atoms with E-state index in [1.807, 2.05) is 40.7 Å². The average molecular weight is 491 g/mol. The second-order valence-electron chi connectivity index (χ2n) is 9.41. The molecule has 0 N–H and O–H groups in total. The number of esters is 4. The molecule has 0 heterocycles. The summed E-state index contributed by atoms with van der Waals surface area (Å²) >= 11 is 0. The van der Waals surface area contributed by atoms with Crippen molar-refractivity contribution in [3.8, 4) is 11.8 Å². The Hall–Kier alpha value is -3.30. The van der Waals surface area contributed by atoms with Crippen molar-refractivity contribution in [2.45, 2.75) is 60.3 Å². The molecule has 0 radical (unpaired) electrons. The highest BCUT2D eigenvalue weighted by molar-refractivity contribution is 6.01. The van der Waals surface area contributed by atoms with Gasteiger partial charge in [-0.15, -0.1) is 17.6 Å². The van der Waals surface area contributed by atoms with Gasteiger partial charge in [0, 0.05) is 19.3 Å². The normalized spacial score (nSPS) is 11.0. The number of carbonyl (C=O) groups is 4. The van der Waals surface area contributed by atoms with Crippen molar-refractivity contribution in [2.75, 3.05) is 28.4 Å². The van der Waals surface area contributed by atoms with Gasteiger partial charge in [0.1, 0.15) is 0 Å². The zero-order chi connectivity index (χ0) is 27.3. The number of hydrogen-bond donors (Lipinski definition) is 0. The number of allylic oxidation sites excluding steroid dienone is 3. The highest BCUT2D eigenvalue weighted by Gasteiger charge is 2.48. The quantitative estimate of drug-likeness (QED) is 0.113. The Morgan fingerprint density at radius 2 is 1.06 bits per heavy atom. The second-order valence-corrected chi connectivity index (χ2v) is 9.41. The van der Waals surface area contributed by atoms with E-state index in [-0.39, 0.29) is 31.1 Å². The van der Waals surface area contributed by atoms with E-state index in [2.05, 4.69) is 17.6 Å². The molecule has 0 atom stereocenters. The first-order valence-electron chi connectivity index (χ1n) is 11.1. The van der Waals surface area contributed by atoms with Gasteiger partial charge in [0.15, 0.2) is 10.8 Å². The van der Waals surface area contributed by atoms with Gasteiger partial charge in [0.2, 0.25) is 0 Å². The van der Waals surface area contributed by atoms with Gasteiger partial charge in [-0.1, -0.05) is 32.4 Å². The molecule has 0 saturated heterocycles. The molecule has 0 amide bonds. The molecule has 0 aliphatic carbocycles. The Labute approximate surface area is 208 Å². The Bertz CT molecular complexity index is 894. The fraction of sp³-hybridized carbons (Fsp3) is 0.593. The predicted molar refractivity (Wildman–Crippen MR) is 131 cm³/mol. The third-order valence-electron chi connectivity index (χ3n) is 5.15. The third kappa shape index (κ3) is 9.11. The molecule has 0 aromatic carbocycles. The molecular weight excluding hydrogens is 452 g/mol. The zero-order valence-corrected chi connectivity index (χ0v) is 22.3. The van der Waals surface area contributed by atoms with Crippen LogP contribution in [0.25, 0.3) is 0 Å². The lowest BCUT2D eigenvalue weighted by Crippen LogP contribution is -2.41. The molecule has 0 aromatic rings. The van der Waals surface area contributed by atoms with E-state index in [1.54, 1.807) is 12.2 Å². The fourth-order valence-electron chi connectivity index (χ4n) is 3.06. The van der Waals surface area contributed by atoms with Crippen LogP contribution in [0.5, 0.6) is 0 Å². The summed E-state index contributed by atoms with van der Waals surface area (Å²) < 4.78 is 19.5. The summed E-state index contributed by atoms with van der Waals surface area (Å²) in [5.41, 5.74) is 0.292. The van der Waals surface area contributed by atoms with E-state index in [4.69, 9.17) is 18.9 Å². The lowest BCUT2D eigenvalue weighted by molar-refractivity contribution is -0.170. The van der Waals surface area contributed by atoms with E-state index >= 15 is 0 Å². The van der Waals surface area contributed by atoms with E-state index in [0.29, 0.717) is 0 Å². The first-order chi connectivity index (χ1) is 16.3. The zero-order valence-electron chi connectivity index (χ0n) is 22.3. The van der Waals surface area contributed by atoms with E-state index < -0.39 is 34.7 Å². The molecule has 8 nitrogen and oxygen atoms in total. The first kappa shape index (κ1) is 31.7. The lowest BCUT2D eigenvalue weighted by Gasteiger charge is -2.26. The SMILES string of the molecule is COC(=O)C(CC#CCC(CC=C(C)C)(C(=O)OC)C(=O)OC)(CC=C=CC(C)(C)C)C(=O)OC.